The highest BCUT2D eigenvalue weighted by atomic mass is 16.4. The molecule has 1 aromatic rings. The van der Waals surface area contributed by atoms with Gasteiger partial charge in [0.1, 0.15) is 5.54 Å². The molecule has 1 atom stereocenters. The molecule has 1 unspecified atom stereocenters. The van der Waals surface area contributed by atoms with E-state index in [2.05, 4.69) is 17.0 Å². The monoisotopic (exact) mass is 248 g/mol. The molecule has 18 heavy (non-hydrogen) atoms. The first-order chi connectivity index (χ1) is 8.60. The van der Waals surface area contributed by atoms with Crippen LogP contribution in [0, 0.1) is 0 Å². The smallest absolute Gasteiger partial charge is 0.325 e. The van der Waals surface area contributed by atoms with Gasteiger partial charge < -0.3 is 10.8 Å². The second kappa shape index (κ2) is 5.50. The van der Waals surface area contributed by atoms with Crippen LogP contribution in [0.1, 0.15) is 24.8 Å². The average Bonchev–Trinajstić information content (AvgIpc) is 2.53. The highest BCUT2D eigenvalue weighted by molar-refractivity contribution is 5.78. The van der Waals surface area contributed by atoms with E-state index in [1.54, 1.807) is 0 Å². The summed E-state index contributed by atoms with van der Waals surface area (Å²) in [4.78, 5) is 13.4. The van der Waals surface area contributed by atoms with Gasteiger partial charge in [0.25, 0.3) is 0 Å². The van der Waals surface area contributed by atoms with Gasteiger partial charge in [0, 0.05) is 13.1 Å². The van der Waals surface area contributed by atoms with Gasteiger partial charge in [0.15, 0.2) is 0 Å². The van der Waals surface area contributed by atoms with Gasteiger partial charge in [-0.1, -0.05) is 30.3 Å². The first kappa shape index (κ1) is 13.1. The molecule has 98 valence electrons. The van der Waals surface area contributed by atoms with Crippen molar-refractivity contribution in [3.05, 3.63) is 35.9 Å². The lowest BCUT2D eigenvalue weighted by molar-refractivity contribution is -0.144. The van der Waals surface area contributed by atoms with E-state index < -0.39 is 11.5 Å². The van der Waals surface area contributed by atoms with E-state index in [-0.39, 0.29) is 0 Å². The minimum atomic E-state index is -1.09. The number of nitrogens with zero attached hydrogens (tertiary/aromatic N) is 1. The Kier molecular flexibility index (Phi) is 3.99. The minimum absolute atomic E-state index is 0.428. The second-order valence-corrected chi connectivity index (χ2v) is 5.11. The van der Waals surface area contributed by atoms with Crippen molar-refractivity contribution in [1.82, 2.24) is 4.90 Å². The van der Waals surface area contributed by atoms with Crippen molar-refractivity contribution in [3.63, 3.8) is 0 Å². The molecule has 0 spiro atoms. The number of aliphatic carboxylic acids is 1. The molecule has 0 amide bonds. The number of benzene rings is 1. The molecule has 1 fully saturated rings. The summed E-state index contributed by atoms with van der Waals surface area (Å²) in [5, 5.41) is 9.25. The van der Waals surface area contributed by atoms with Crippen molar-refractivity contribution < 1.29 is 9.90 Å². The predicted molar refractivity (Wildman–Crippen MR) is 70.1 cm³/mol. The Morgan fingerprint density at radius 1 is 1.33 bits per heavy atom. The Hall–Kier alpha value is -1.39. The molecule has 0 saturated carbocycles. The number of hydrogen-bond acceptors (Lipinski definition) is 3. The molecule has 1 aliphatic heterocycles. The lowest BCUT2D eigenvalue weighted by atomic mass is 9.95. The van der Waals surface area contributed by atoms with Gasteiger partial charge in [0.05, 0.1) is 0 Å². The van der Waals surface area contributed by atoms with Crippen LogP contribution < -0.4 is 5.73 Å². The normalized spacial score (nSPS) is 25.6. The fourth-order valence-corrected chi connectivity index (χ4v) is 2.48. The quantitative estimate of drug-likeness (QED) is 0.849. The highest BCUT2D eigenvalue weighted by Gasteiger charge is 2.36. The third-order valence-corrected chi connectivity index (χ3v) is 3.53. The summed E-state index contributed by atoms with van der Waals surface area (Å²) in [5.74, 6) is -0.887. The zero-order valence-electron chi connectivity index (χ0n) is 10.5. The number of nitrogens with two attached hydrogens (primary N) is 1. The molecule has 0 aliphatic carbocycles. The molecular weight excluding hydrogens is 228 g/mol. The first-order valence-electron chi connectivity index (χ1n) is 6.39. The maximum Gasteiger partial charge on any atom is 0.325 e. The molecule has 0 aromatic heterocycles. The highest BCUT2D eigenvalue weighted by Crippen LogP contribution is 2.20. The molecule has 3 N–H and O–H groups in total. The maximum absolute atomic E-state index is 11.3. The Morgan fingerprint density at radius 3 is 2.72 bits per heavy atom. The SMILES string of the molecule is NC1(C(=O)O)CCCCN(Cc2ccccc2)C1. The van der Waals surface area contributed by atoms with Gasteiger partial charge in [-0.3, -0.25) is 9.69 Å². The molecule has 4 heteroatoms. The minimum Gasteiger partial charge on any atom is -0.480 e. The van der Waals surface area contributed by atoms with Crippen molar-refractivity contribution in [2.45, 2.75) is 31.3 Å². The van der Waals surface area contributed by atoms with Crippen LogP contribution in [0.15, 0.2) is 30.3 Å². The number of carbonyl (C=O) groups is 1. The summed E-state index contributed by atoms with van der Waals surface area (Å²) >= 11 is 0. The first-order valence-corrected chi connectivity index (χ1v) is 6.39. The van der Waals surface area contributed by atoms with Crippen molar-refractivity contribution >= 4 is 5.97 Å². The standard InChI is InChI=1S/C14H20N2O2/c15-14(13(17)18)8-4-5-9-16(11-14)10-12-6-2-1-3-7-12/h1-3,6-7H,4-5,8-11,15H2,(H,17,18). The summed E-state index contributed by atoms with van der Waals surface area (Å²) in [6.07, 6.45) is 2.46. The predicted octanol–water partition coefficient (Wildman–Crippen LogP) is 1.45. The summed E-state index contributed by atoms with van der Waals surface area (Å²) in [6, 6.07) is 10.1. The fraction of sp³-hybridized carbons (Fsp3) is 0.500. The third kappa shape index (κ3) is 3.09. The Bertz CT molecular complexity index is 408. The molecule has 0 radical (unpaired) electrons. The van der Waals surface area contributed by atoms with E-state index in [0.29, 0.717) is 13.0 Å². The lowest BCUT2D eigenvalue weighted by Gasteiger charge is -2.29. The molecule has 1 aliphatic rings. The van der Waals surface area contributed by atoms with E-state index in [1.807, 2.05) is 18.2 Å². The molecule has 1 aromatic carbocycles. The van der Waals surface area contributed by atoms with Gasteiger partial charge in [0.2, 0.25) is 0 Å². The molecular formula is C14H20N2O2. The van der Waals surface area contributed by atoms with Crippen LogP contribution in [0.5, 0.6) is 0 Å². The number of hydrogen-bond donors (Lipinski definition) is 2. The number of carboxylic acid groups (broad SMARTS) is 1. The van der Waals surface area contributed by atoms with Crippen molar-refractivity contribution in [2.75, 3.05) is 13.1 Å². The Balaban J connectivity index is 2.06. The number of carboxylic acids is 1. The van der Waals surface area contributed by atoms with E-state index >= 15 is 0 Å². The summed E-state index contributed by atoms with van der Waals surface area (Å²) in [7, 11) is 0. The van der Waals surface area contributed by atoms with E-state index in [1.165, 1.54) is 5.56 Å². The van der Waals surface area contributed by atoms with Crippen LogP contribution in [0.3, 0.4) is 0 Å². The van der Waals surface area contributed by atoms with Gasteiger partial charge in [-0.15, -0.1) is 0 Å². The van der Waals surface area contributed by atoms with Gasteiger partial charge in [-0.25, -0.2) is 0 Å². The Morgan fingerprint density at radius 2 is 2.06 bits per heavy atom. The summed E-state index contributed by atoms with van der Waals surface area (Å²) in [5.41, 5.74) is 6.11. The van der Waals surface area contributed by atoms with Gasteiger partial charge in [-0.05, 0) is 31.4 Å². The van der Waals surface area contributed by atoms with Crippen LogP contribution in [0.2, 0.25) is 0 Å². The maximum atomic E-state index is 11.3. The van der Waals surface area contributed by atoms with Gasteiger partial charge in [-0.2, -0.15) is 0 Å². The topological polar surface area (TPSA) is 66.6 Å². The van der Waals surface area contributed by atoms with Crippen molar-refractivity contribution in [3.8, 4) is 0 Å². The van der Waals surface area contributed by atoms with E-state index in [0.717, 1.165) is 25.9 Å². The number of rotatable bonds is 3. The van der Waals surface area contributed by atoms with Crippen molar-refractivity contribution in [1.29, 1.82) is 0 Å². The van der Waals surface area contributed by atoms with Crippen molar-refractivity contribution in [2.24, 2.45) is 5.73 Å². The van der Waals surface area contributed by atoms with Crippen LogP contribution in [-0.2, 0) is 11.3 Å². The third-order valence-electron chi connectivity index (χ3n) is 3.53. The van der Waals surface area contributed by atoms with Crippen LogP contribution in [0.25, 0.3) is 0 Å². The molecule has 4 nitrogen and oxygen atoms in total. The lowest BCUT2D eigenvalue weighted by Crippen LogP contribution is -2.54. The average molecular weight is 248 g/mol. The summed E-state index contributed by atoms with van der Waals surface area (Å²) in [6.45, 7) is 2.12. The molecule has 1 heterocycles. The number of likely N-dealkylation sites (tertiary alicyclic amines) is 1. The molecule has 1 saturated heterocycles. The van der Waals surface area contributed by atoms with Crippen LogP contribution in [-0.4, -0.2) is 34.6 Å². The van der Waals surface area contributed by atoms with Crippen LogP contribution >= 0.6 is 0 Å². The second-order valence-electron chi connectivity index (χ2n) is 5.11. The van der Waals surface area contributed by atoms with Crippen LogP contribution in [0.4, 0.5) is 0 Å². The molecule has 0 bridgehead atoms. The fourth-order valence-electron chi connectivity index (χ4n) is 2.48. The molecule has 2 rings (SSSR count). The summed E-state index contributed by atoms with van der Waals surface area (Å²) < 4.78 is 0. The zero-order chi connectivity index (χ0) is 13.0. The van der Waals surface area contributed by atoms with E-state index in [4.69, 9.17) is 5.73 Å². The van der Waals surface area contributed by atoms with Gasteiger partial charge >= 0.3 is 5.97 Å². The largest absolute Gasteiger partial charge is 0.480 e. The zero-order valence-corrected chi connectivity index (χ0v) is 10.5. The van der Waals surface area contributed by atoms with E-state index in [9.17, 15) is 9.90 Å². The Labute approximate surface area is 107 Å².